The molecule has 4 N–H and O–H groups in total. The molecule has 0 fully saturated rings. The minimum atomic E-state index is -3.90. The summed E-state index contributed by atoms with van der Waals surface area (Å²) in [5.41, 5.74) is 7.78. The summed E-state index contributed by atoms with van der Waals surface area (Å²) in [6.07, 6.45) is 0.307. The number of benzene rings is 3. The van der Waals surface area contributed by atoms with Gasteiger partial charge in [-0.2, -0.15) is 0 Å². The molecule has 33 heavy (non-hydrogen) atoms. The van der Waals surface area contributed by atoms with Crippen LogP contribution in [0.3, 0.4) is 0 Å². The molecule has 1 aliphatic heterocycles. The summed E-state index contributed by atoms with van der Waals surface area (Å²) in [6, 6.07) is 16.9. The number of nitrogen functional groups attached to an aromatic ring is 1. The lowest BCUT2D eigenvalue weighted by Gasteiger charge is -2.33. The van der Waals surface area contributed by atoms with Gasteiger partial charge < -0.3 is 25.4 Å². The summed E-state index contributed by atoms with van der Waals surface area (Å²) < 4.78 is 38.4. The third-order valence-electron chi connectivity index (χ3n) is 5.58. The highest BCUT2D eigenvalue weighted by molar-refractivity contribution is 7.92. The SMILES string of the molecule is CC(O)c1c(N)ccc(N(C(Cc2ccccc2)c2ccc3c(c2)OCO3)S(C)(=O)=O)c1O. The number of aliphatic hydroxyl groups excluding tert-OH is 1. The van der Waals surface area contributed by atoms with Crippen molar-refractivity contribution in [2.24, 2.45) is 0 Å². The van der Waals surface area contributed by atoms with Gasteiger partial charge in [-0.15, -0.1) is 0 Å². The van der Waals surface area contributed by atoms with Crippen LogP contribution in [0.2, 0.25) is 0 Å². The number of fused-ring (bicyclic) bond motifs is 1. The Morgan fingerprint density at radius 3 is 2.42 bits per heavy atom. The molecule has 0 aliphatic carbocycles. The number of hydrogen-bond donors (Lipinski definition) is 3. The molecule has 3 aromatic rings. The predicted octanol–water partition coefficient (Wildman–Crippen LogP) is 3.51. The molecule has 0 bridgehead atoms. The molecule has 174 valence electrons. The fourth-order valence-electron chi connectivity index (χ4n) is 4.10. The molecule has 8 nitrogen and oxygen atoms in total. The minimum absolute atomic E-state index is 0.0289. The summed E-state index contributed by atoms with van der Waals surface area (Å²) in [4.78, 5) is 0. The Balaban J connectivity index is 1.91. The monoisotopic (exact) mass is 470 g/mol. The largest absolute Gasteiger partial charge is 0.505 e. The highest BCUT2D eigenvalue weighted by Crippen LogP contribution is 2.44. The van der Waals surface area contributed by atoms with Crippen molar-refractivity contribution >= 4 is 21.4 Å². The van der Waals surface area contributed by atoms with Crippen LogP contribution in [0.4, 0.5) is 11.4 Å². The first-order valence-corrected chi connectivity index (χ1v) is 12.2. The van der Waals surface area contributed by atoms with Gasteiger partial charge in [-0.1, -0.05) is 36.4 Å². The Morgan fingerprint density at radius 1 is 1.06 bits per heavy atom. The van der Waals surface area contributed by atoms with E-state index in [9.17, 15) is 18.6 Å². The first-order chi connectivity index (χ1) is 15.7. The Kier molecular flexibility index (Phi) is 6.09. The van der Waals surface area contributed by atoms with E-state index in [1.165, 1.54) is 19.1 Å². The van der Waals surface area contributed by atoms with Crippen LogP contribution in [0.25, 0.3) is 0 Å². The minimum Gasteiger partial charge on any atom is -0.505 e. The van der Waals surface area contributed by atoms with Gasteiger partial charge >= 0.3 is 0 Å². The van der Waals surface area contributed by atoms with E-state index in [1.54, 1.807) is 18.2 Å². The molecule has 2 unspecified atom stereocenters. The Bertz CT molecular complexity index is 1260. The first kappa shape index (κ1) is 22.8. The van der Waals surface area contributed by atoms with Gasteiger partial charge in [0, 0.05) is 11.3 Å². The van der Waals surface area contributed by atoms with Crippen LogP contribution < -0.4 is 19.5 Å². The van der Waals surface area contributed by atoms with Gasteiger partial charge in [-0.25, -0.2) is 8.42 Å². The van der Waals surface area contributed by atoms with E-state index in [4.69, 9.17) is 15.2 Å². The zero-order chi connectivity index (χ0) is 23.8. The van der Waals surface area contributed by atoms with Crippen molar-refractivity contribution < 1.29 is 28.1 Å². The van der Waals surface area contributed by atoms with Crippen LogP contribution in [-0.4, -0.2) is 31.7 Å². The molecule has 0 amide bonds. The van der Waals surface area contributed by atoms with E-state index >= 15 is 0 Å². The van der Waals surface area contributed by atoms with Crippen molar-refractivity contribution in [3.63, 3.8) is 0 Å². The van der Waals surface area contributed by atoms with E-state index in [0.717, 1.165) is 16.1 Å². The summed E-state index contributed by atoms with van der Waals surface area (Å²) >= 11 is 0. The van der Waals surface area contributed by atoms with Crippen LogP contribution >= 0.6 is 0 Å². The Hall–Kier alpha value is -3.43. The molecule has 2 atom stereocenters. The van der Waals surface area contributed by atoms with Crippen molar-refractivity contribution in [3.8, 4) is 17.2 Å². The average Bonchev–Trinajstić information content (AvgIpc) is 3.22. The normalized spacial score (nSPS) is 14.6. The van der Waals surface area contributed by atoms with Crippen molar-refractivity contribution in [2.45, 2.75) is 25.5 Å². The van der Waals surface area contributed by atoms with E-state index in [2.05, 4.69) is 0 Å². The van der Waals surface area contributed by atoms with Gasteiger partial charge in [0.15, 0.2) is 11.5 Å². The molecule has 1 aliphatic rings. The number of phenolic OH excluding ortho intramolecular Hbond substituents is 1. The zero-order valence-corrected chi connectivity index (χ0v) is 19.1. The molecule has 0 saturated carbocycles. The third kappa shape index (κ3) is 4.55. The van der Waals surface area contributed by atoms with Crippen molar-refractivity contribution in [1.82, 2.24) is 0 Å². The van der Waals surface area contributed by atoms with Gasteiger partial charge in [-0.3, -0.25) is 4.31 Å². The van der Waals surface area contributed by atoms with E-state index in [0.29, 0.717) is 23.5 Å². The lowest BCUT2D eigenvalue weighted by atomic mass is 9.97. The van der Waals surface area contributed by atoms with Gasteiger partial charge in [0.05, 0.1) is 24.1 Å². The van der Waals surface area contributed by atoms with Crippen LogP contribution in [0, 0.1) is 0 Å². The predicted molar refractivity (Wildman–Crippen MR) is 126 cm³/mol. The number of ether oxygens (including phenoxy) is 2. The lowest BCUT2D eigenvalue weighted by molar-refractivity contribution is 0.174. The lowest BCUT2D eigenvalue weighted by Crippen LogP contribution is -2.35. The zero-order valence-electron chi connectivity index (χ0n) is 18.3. The van der Waals surface area contributed by atoms with Crippen molar-refractivity contribution in [2.75, 3.05) is 23.1 Å². The summed E-state index contributed by atoms with van der Waals surface area (Å²) in [5, 5.41) is 21.2. The number of aromatic hydroxyl groups is 1. The number of anilines is 2. The molecule has 9 heteroatoms. The molecular formula is C24H26N2O6S. The summed E-state index contributed by atoms with van der Waals surface area (Å²) in [7, 11) is -3.90. The summed E-state index contributed by atoms with van der Waals surface area (Å²) in [5.74, 6) is 0.717. The molecule has 0 saturated heterocycles. The fraction of sp³-hybridized carbons (Fsp3) is 0.250. The maximum absolute atomic E-state index is 13.2. The molecule has 3 aromatic carbocycles. The molecule has 0 radical (unpaired) electrons. The second-order valence-corrected chi connectivity index (χ2v) is 9.85. The van der Waals surface area contributed by atoms with Gasteiger partial charge in [0.1, 0.15) is 5.75 Å². The highest BCUT2D eigenvalue weighted by atomic mass is 32.2. The Morgan fingerprint density at radius 2 is 1.76 bits per heavy atom. The fourth-order valence-corrected chi connectivity index (χ4v) is 5.26. The van der Waals surface area contributed by atoms with Gasteiger partial charge in [0.2, 0.25) is 16.8 Å². The number of sulfonamides is 1. The molecule has 0 aromatic heterocycles. The first-order valence-electron chi connectivity index (χ1n) is 10.4. The number of aliphatic hydroxyl groups is 1. The maximum atomic E-state index is 13.2. The second-order valence-electron chi connectivity index (χ2n) is 7.99. The number of phenols is 1. The molecule has 4 rings (SSSR count). The molecule has 0 spiro atoms. The van der Waals surface area contributed by atoms with Crippen LogP contribution in [0.15, 0.2) is 60.7 Å². The van der Waals surface area contributed by atoms with Crippen LogP contribution in [0.1, 0.15) is 35.8 Å². The van der Waals surface area contributed by atoms with Crippen LogP contribution in [0.5, 0.6) is 17.2 Å². The van der Waals surface area contributed by atoms with Crippen LogP contribution in [-0.2, 0) is 16.4 Å². The average molecular weight is 471 g/mol. The Labute approximate surface area is 192 Å². The van der Waals surface area contributed by atoms with E-state index in [-0.39, 0.29) is 29.5 Å². The number of hydrogen-bond acceptors (Lipinski definition) is 7. The third-order valence-corrected chi connectivity index (χ3v) is 6.74. The summed E-state index contributed by atoms with van der Waals surface area (Å²) in [6.45, 7) is 1.55. The second kappa shape index (κ2) is 8.84. The van der Waals surface area contributed by atoms with Crippen molar-refractivity contribution in [1.29, 1.82) is 0 Å². The van der Waals surface area contributed by atoms with Crippen molar-refractivity contribution in [3.05, 3.63) is 77.4 Å². The highest BCUT2D eigenvalue weighted by Gasteiger charge is 2.33. The smallest absolute Gasteiger partial charge is 0.232 e. The molecular weight excluding hydrogens is 444 g/mol. The number of nitrogens with zero attached hydrogens (tertiary/aromatic N) is 1. The van der Waals surface area contributed by atoms with E-state index in [1.807, 2.05) is 30.3 Å². The van der Waals surface area contributed by atoms with E-state index < -0.39 is 22.2 Å². The number of rotatable bonds is 7. The maximum Gasteiger partial charge on any atom is 0.232 e. The number of nitrogens with two attached hydrogens (primary N) is 1. The topological polar surface area (TPSA) is 122 Å². The standard InChI is InChI=1S/C24H26N2O6S/c1-15(27)23-18(25)9-10-19(24(23)28)26(33(2,29)30)20(12-16-6-4-3-5-7-16)17-8-11-21-22(13-17)32-14-31-21/h3-11,13,15,20,27-28H,12,14,25H2,1-2H3. The quantitative estimate of drug-likeness (QED) is 0.452. The molecule has 1 heterocycles. The van der Waals surface area contributed by atoms with Gasteiger partial charge in [-0.05, 0) is 48.7 Å². The van der Waals surface area contributed by atoms with Gasteiger partial charge in [0.25, 0.3) is 0 Å².